The number of nitrogens with two attached hydrogens (primary N) is 1. The average molecular weight is 249 g/mol. The monoisotopic (exact) mass is 248 g/mol. The quantitative estimate of drug-likeness (QED) is 0.906. The van der Waals surface area contributed by atoms with Crippen LogP contribution in [-0.2, 0) is 6.54 Å². The van der Waals surface area contributed by atoms with E-state index in [4.69, 9.17) is 17.3 Å². The van der Waals surface area contributed by atoms with Gasteiger partial charge in [-0.25, -0.2) is 0 Å². The van der Waals surface area contributed by atoms with Crippen LogP contribution in [0.5, 0.6) is 0 Å². The number of benzene rings is 1. The van der Waals surface area contributed by atoms with Crippen molar-refractivity contribution in [2.24, 2.45) is 0 Å². The minimum absolute atomic E-state index is 0.421. The van der Waals surface area contributed by atoms with Crippen LogP contribution in [0.4, 0.5) is 11.6 Å². The number of hydrogen-bond donors (Lipinski definition) is 1. The van der Waals surface area contributed by atoms with Gasteiger partial charge in [0.1, 0.15) is 5.82 Å². The minimum atomic E-state index is 0.421. The van der Waals surface area contributed by atoms with Crippen LogP contribution in [0.15, 0.2) is 36.4 Å². The summed E-state index contributed by atoms with van der Waals surface area (Å²) in [6, 6.07) is 11.3. The average Bonchev–Trinajstić information content (AvgIpc) is 2.29. The first-order valence-corrected chi connectivity index (χ1v) is 5.58. The lowest BCUT2D eigenvalue weighted by Crippen LogP contribution is -2.18. The topological polar surface area (TPSA) is 55.0 Å². The number of anilines is 2. The Morgan fingerprint density at radius 3 is 2.71 bits per heavy atom. The van der Waals surface area contributed by atoms with E-state index < -0.39 is 0 Å². The second-order valence-corrected chi connectivity index (χ2v) is 4.24. The summed E-state index contributed by atoms with van der Waals surface area (Å²) < 4.78 is 0. The third-order valence-corrected chi connectivity index (χ3v) is 2.61. The summed E-state index contributed by atoms with van der Waals surface area (Å²) in [5, 5.41) is 8.57. The molecule has 0 saturated carbocycles. The Morgan fingerprint density at radius 1 is 1.24 bits per heavy atom. The Bertz CT molecular complexity index is 498. The summed E-state index contributed by atoms with van der Waals surface area (Å²) in [5.74, 6) is 1.20. The van der Waals surface area contributed by atoms with Crippen molar-refractivity contribution < 1.29 is 0 Å². The zero-order chi connectivity index (χ0) is 12.3. The van der Waals surface area contributed by atoms with Crippen molar-refractivity contribution in [3.63, 3.8) is 0 Å². The van der Waals surface area contributed by atoms with Crippen molar-refractivity contribution in [1.82, 2.24) is 10.2 Å². The lowest BCUT2D eigenvalue weighted by molar-refractivity contribution is 0.869. The zero-order valence-corrected chi connectivity index (χ0v) is 10.2. The van der Waals surface area contributed by atoms with Gasteiger partial charge in [-0.1, -0.05) is 23.7 Å². The standard InChI is InChI=1S/C12H13ClN4/c1-17(12-6-5-11(14)15-16-12)8-9-3-2-4-10(13)7-9/h2-7H,8H2,1H3,(H2,14,15). The van der Waals surface area contributed by atoms with E-state index in [1.807, 2.05) is 42.3 Å². The van der Waals surface area contributed by atoms with Crippen LogP contribution in [0.3, 0.4) is 0 Å². The van der Waals surface area contributed by atoms with Crippen LogP contribution in [0.25, 0.3) is 0 Å². The third kappa shape index (κ3) is 3.07. The van der Waals surface area contributed by atoms with Gasteiger partial charge in [-0.15, -0.1) is 10.2 Å². The molecule has 1 aromatic carbocycles. The molecule has 2 N–H and O–H groups in total. The first-order valence-electron chi connectivity index (χ1n) is 5.20. The highest BCUT2D eigenvalue weighted by molar-refractivity contribution is 6.30. The third-order valence-electron chi connectivity index (χ3n) is 2.37. The normalized spacial score (nSPS) is 10.2. The van der Waals surface area contributed by atoms with Crippen LogP contribution >= 0.6 is 11.6 Å². The highest BCUT2D eigenvalue weighted by Crippen LogP contribution is 2.15. The van der Waals surface area contributed by atoms with Gasteiger partial charge in [0.05, 0.1) is 0 Å². The molecule has 0 aliphatic rings. The molecule has 0 fully saturated rings. The Balaban J connectivity index is 2.11. The predicted octanol–water partition coefficient (Wildman–Crippen LogP) is 2.35. The van der Waals surface area contributed by atoms with Gasteiger partial charge in [0, 0.05) is 18.6 Å². The van der Waals surface area contributed by atoms with Gasteiger partial charge >= 0.3 is 0 Å². The van der Waals surface area contributed by atoms with Crippen molar-refractivity contribution in [2.75, 3.05) is 17.7 Å². The van der Waals surface area contributed by atoms with E-state index >= 15 is 0 Å². The van der Waals surface area contributed by atoms with Gasteiger partial charge in [0.2, 0.25) is 0 Å². The molecule has 4 nitrogen and oxygen atoms in total. The van der Waals surface area contributed by atoms with Crippen LogP contribution < -0.4 is 10.6 Å². The van der Waals surface area contributed by atoms with Gasteiger partial charge in [-0.2, -0.15) is 0 Å². The summed E-state index contributed by atoms with van der Waals surface area (Å²) >= 11 is 5.93. The van der Waals surface area contributed by atoms with Crippen molar-refractivity contribution >= 4 is 23.2 Å². The molecule has 0 unspecified atom stereocenters. The molecule has 17 heavy (non-hydrogen) atoms. The lowest BCUT2D eigenvalue weighted by atomic mass is 10.2. The SMILES string of the molecule is CN(Cc1cccc(Cl)c1)c1ccc(N)nn1. The molecule has 0 saturated heterocycles. The van der Waals surface area contributed by atoms with Crippen molar-refractivity contribution in [3.8, 4) is 0 Å². The number of halogens is 1. The maximum absolute atomic E-state index is 5.93. The van der Waals surface area contributed by atoms with Gasteiger partial charge < -0.3 is 10.6 Å². The smallest absolute Gasteiger partial charge is 0.151 e. The van der Waals surface area contributed by atoms with Crippen molar-refractivity contribution in [3.05, 3.63) is 47.0 Å². The maximum Gasteiger partial charge on any atom is 0.151 e. The van der Waals surface area contributed by atoms with E-state index in [2.05, 4.69) is 10.2 Å². The molecule has 1 aromatic heterocycles. The molecule has 0 atom stereocenters. The number of nitrogens with zero attached hydrogens (tertiary/aromatic N) is 3. The fraction of sp³-hybridized carbons (Fsp3) is 0.167. The number of aromatic nitrogens is 2. The van der Waals surface area contributed by atoms with E-state index in [0.29, 0.717) is 5.82 Å². The second-order valence-electron chi connectivity index (χ2n) is 3.80. The van der Waals surface area contributed by atoms with E-state index in [1.54, 1.807) is 6.07 Å². The first-order chi connectivity index (χ1) is 8.15. The van der Waals surface area contributed by atoms with E-state index in [1.165, 1.54) is 0 Å². The molecule has 0 radical (unpaired) electrons. The summed E-state index contributed by atoms with van der Waals surface area (Å²) in [5.41, 5.74) is 6.61. The maximum atomic E-state index is 5.93. The molecule has 1 heterocycles. The summed E-state index contributed by atoms with van der Waals surface area (Å²) in [6.45, 7) is 0.721. The molecule has 0 spiro atoms. The van der Waals surface area contributed by atoms with Crippen LogP contribution in [0.2, 0.25) is 5.02 Å². The predicted molar refractivity (Wildman–Crippen MR) is 70.0 cm³/mol. The Hall–Kier alpha value is -1.81. The molecule has 88 valence electrons. The van der Waals surface area contributed by atoms with E-state index in [0.717, 1.165) is 22.9 Å². The number of nitrogen functional groups attached to an aromatic ring is 1. The molecule has 0 amide bonds. The second kappa shape index (κ2) is 5.01. The Morgan fingerprint density at radius 2 is 2.06 bits per heavy atom. The summed E-state index contributed by atoms with van der Waals surface area (Å²) in [7, 11) is 1.95. The number of rotatable bonds is 3. The lowest BCUT2D eigenvalue weighted by Gasteiger charge is -2.17. The Kier molecular flexibility index (Phi) is 3.44. The molecule has 2 aromatic rings. The molecule has 0 aliphatic heterocycles. The largest absolute Gasteiger partial charge is 0.382 e. The van der Waals surface area contributed by atoms with E-state index in [-0.39, 0.29) is 0 Å². The van der Waals surface area contributed by atoms with Crippen LogP contribution in [-0.4, -0.2) is 17.2 Å². The molecule has 0 bridgehead atoms. The minimum Gasteiger partial charge on any atom is -0.382 e. The van der Waals surface area contributed by atoms with Crippen LogP contribution in [0.1, 0.15) is 5.56 Å². The van der Waals surface area contributed by atoms with Gasteiger partial charge in [0.15, 0.2) is 5.82 Å². The van der Waals surface area contributed by atoms with E-state index in [9.17, 15) is 0 Å². The van der Waals surface area contributed by atoms with Gasteiger partial charge in [-0.3, -0.25) is 0 Å². The van der Waals surface area contributed by atoms with Gasteiger partial charge in [-0.05, 0) is 29.8 Å². The molecule has 0 aliphatic carbocycles. The first kappa shape index (κ1) is 11.7. The Labute approximate surface area is 105 Å². The van der Waals surface area contributed by atoms with Crippen LogP contribution in [0, 0.1) is 0 Å². The zero-order valence-electron chi connectivity index (χ0n) is 9.47. The fourth-order valence-electron chi connectivity index (χ4n) is 1.53. The summed E-state index contributed by atoms with van der Waals surface area (Å²) in [6.07, 6.45) is 0. The molecular formula is C12H13ClN4. The molecule has 5 heteroatoms. The summed E-state index contributed by atoms with van der Waals surface area (Å²) in [4.78, 5) is 1.98. The van der Waals surface area contributed by atoms with Gasteiger partial charge in [0.25, 0.3) is 0 Å². The molecular weight excluding hydrogens is 236 g/mol. The van der Waals surface area contributed by atoms with Crippen molar-refractivity contribution in [2.45, 2.75) is 6.54 Å². The highest BCUT2D eigenvalue weighted by Gasteiger charge is 2.04. The van der Waals surface area contributed by atoms with Crippen molar-refractivity contribution in [1.29, 1.82) is 0 Å². The number of hydrogen-bond acceptors (Lipinski definition) is 4. The molecule has 2 rings (SSSR count). The highest BCUT2D eigenvalue weighted by atomic mass is 35.5. The fourth-order valence-corrected chi connectivity index (χ4v) is 1.74.